The number of piperidine rings is 1. The number of hydrogen-bond donors (Lipinski definition) is 0. The smallest absolute Gasteiger partial charge is 0.260 e. The first kappa shape index (κ1) is 16.5. The van der Waals surface area contributed by atoms with Crippen LogP contribution in [0.25, 0.3) is 10.6 Å². The molecule has 1 atom stereocenters. The zero-order chi connectivity index (χ0) is 16.4. The number of aromatic nitrogens is 2. The molecule has 1 aliphatic rings. The van der Waals surface area contributed by atoms with Gasteiger partial charge < -0.3 is 0 Å². The van der Waals surface area contributed by atoms with Crippen molar-refractivity contribution in [2.45, 2.75) is 18.8 Å². The number of pyridine rings is 1. The maximum absolute atomic E-state index is 12.3. The summed E-state index contributed by atoms with van der Waals surface area (Å²) >= 11 is 1.58. The molecule has 0 N–H and O–H groups in total. The summed E-state index contributed by atoms with van der Waals surface area (Å²) in [4.78, 5) is 8.83. The summed E-state index contributed by atoms with van der Waals surface area (Å²) in [5.41, 5.74) is 1.95. The monoisotopic (exact) mass is 352 g/mol. The minimum Gasteiger partial charge on any atom is -0.260 e. The molecular formula is C15H20N4O2S2. The summed E-state index contributed by atoms with van der Waals surface area (Å²) in [6.07, 6.45) is 5.42. The molecule has 0 spiro atoms. The number of thiazole rings is 1. The third-order valence-corrected chi connectivity index (χ3v) is 6.79. The summed E-state index contributed by atoms with van der Waals surface area (Å²) in [6, 6.07) is 4.01. The molecule has 0 bridgehead atoms. The Morgan fingerprint density at radius 2 is 2.13 bits per heavy atom. The molecule has 0 radical (unpaired) electrons. The highest BCUT2D eigenvalue weighted by atomic mass is 32.2. The molecular weight excluding hydrogens is 332 g/mol. The Labute approximate surface area is 141 Å². The van der Waals surface area contributed by atoms with Gasteiger partial charge in [-0.25, -0.2) is 4.98 Å². The van der Waals surface area contributed by atoms with E-state index in [1.54, 1.807) is 35.9 Å². The van der Waals surface area contributed by atoms with E-state index in [1.165, 1.54) is 4.31 Å². The van der Waals surface area contributed by atoms with Gasteiger partial charge in [0.2, 0.25) is 0 Å². The molecule has 0 amide bonds. The van der Waals surface area contributed by atoms with Crippen LogP contribution in [0.3, 0.4) is 0 Å². The number of hydrogen-bond acceptors (Lipinski definition) is 5. The van der Waals surface area contributed by atoms with Gasteiger partial charge in [0.05, 0.1) is 0 Å². The van der Waals surface area contributed by atoms with E-state index in [0.29, 0.717) is 13.1 Å². The normalized spacial score (nSPS) is 20.0. The molecule has 1 unspecified atom stereocenters. The van der Waals surface area contributed by atoms with Gasteiger partial charge in [-0.2, -0.15) is 17.0 Å². The van der Waals surface area contributed by atoms with E-state index in [9.17, 15) is 8.42 Å². The van der Waals surface area contributed by atoms with Gasteiger partial charge in [0.1, 0.15) is 5.01 Å². The van der Waals surface area contributed by atoms with Gasteiger partial charge in [0.25, 0.3) is 10.2 Å². The SMILES string of the molecule is CN(C)S(=O)(=O)N1CCCC(c2ccc(-c3nccs3)cn2)C1. The summed E-state index contributed by atoms with van der Waals surface area (Å²) < 4.78 is 27.4. The van der Waals surface area contributed by atoms with Crippen molar-refractivity contribution in [1.29, 1.82) is 0 Å². The van der Waals surface area contributed by atoms with Crippen molar-refractivity contribution < 1.29 is 8.42 Å². The fourth-order valence-corrected chi connectivity index (χ4v) is 4.58. The Balaban J connectivity index is 1.77. The summed E-state index contributed by atoms with van der Waals surface area (Å²) in [7, 11) is -0.215. The summed E-state index contributed by atoms with van der Waals surface area (Å²) in [5.74, 6) is 0.142. The third-order valence-electron chi connectivity index (χ3n) is 4.06. The van der Waals surface area contributed by atoms with Gasteiger partial charge in [-0.05, 0) is 25.0 Å². The van der Waals surface area contributed by atoms with Crippen LogP contribution in [0.4, 0.5) is 0 Å². The second-order valence-electron chi connectivity index (χ2n) is 5.80. The van der Waals surface area contributed by atoms with E-state index in [0.717, 1.165) is 29.1 Å². The van der Waals surface area contributed by atoms with Crippen molar-refractivity contribution in [1.82, 2.24) is 18.6 Å². The molecule has 8 heteroatoms. The Morgan fingerprint density at radius 1 is 1.30 bits per heavy atom. The van der Waals surface area contributed by atoms with Crippen molar-refractivity contribution in [3.05, 3.63) is 35.6 Å². The Bertz CT molecular complexity index is 742. The molecule has 1 saturated heterocycles. The van der Waals surface area contributed by atoms with Crippen LogP contribution in [0.2, 0.25) is 0 Å². The second kappa shape index (κ2) is 6.64. The highest BCUT2D eigenvalue weighted by Gasteiger charge is 2.31. The fraction of sp³-hybridized carbons (Fsp3) is 0.467. The maximum atomic E-state index is 12.3. The van der Waals surface area contributed by atoms with Gasteiger partial charge in [-0.1, -0.05) is 0 Å². The van der Waals surface area contributed by atoms with Crippen LogP contribution in [-0.4, -0.2) is 54.2 Å². The van der Waals surface area contributed by atoms with E-state index in [4.69, 9.17) is 0 Å². The molecule has 0 aliphatic carbocycles. The molecule has 0 saturated carbocycles. The standard InChI is InChI=1S/C15H20N4O2S2/c1-18(2)23(20,21)19-8-3-4-13(11-19)14-6-5-12(10-17-14)15-16-7-9-22-15/h5-7,9-10,13H,3-4,8,11H2,1-2H3. The van der Waals surface area contributed by atoms with Crippen LogP contribution in [0.1, 0.15) is 24.5 Å². The zero-order valence-electron chi connectivity index (χ0n) is 13.2. The molecule has 2 aromatic heterocycles. The molecule has 1 fully saturated rings. The lowest BCUT2D eigenvalue weighted by Crippen LogP contribution is -2.45. The molecule has 2 aromatic rings. The van der Waals surface area contributed by atoms with Crippen LogP contribution >= 0.6 is 11.3 Å². The van der Waals surface area contributed by atoms with Crippen LogP contribution in [0.15, 0.2) is 29.9 Å². The molecule has 6 nitrogen and oxygen atoms in total. The van der Waals surface area contributed by atoms with Gasteiger partial charge in [-0.15, -0.1) is 11.3 Å². The maximum Gasteiger partial charge on any atom is 0.281 e. The minimum absolute atomic E-state index is 0.142. The molecule has 23 heavy (non-hydrogen) atoms. The van der Waals surface area contributed by atoms with Crippen molar-refractivity contribution in [3.63, 3.8) is 0 Å². The Morgan fingerprint density at radius 3 is 2.74 bits per heavy atom. The second-order valence-corrected chi connectivity index (χ2v) is 8.83. The highest BCUT2D eigenvalue weighted by Crippen LogP contribution is 2.29. The van der Waals surface area contributed by atoms with E-state index < -0.39 is 10.2 Å². The lowest BCUT2D eigenvalue weighted by atomic mass is 9.95. The van der Waals surface area contributed by atoms with Crippen LogP contribution < -0.4 is 0 Å². The molecule has 124 valence electrons. The van der Waals surface area contributed by atoms with Gasteiger partial charge in [-0.3, -0.25) is 4.98 Å². The first-order valence-corrected chi connectivity index (χ1v) is 9.79. The highest BCUT2D eigenvalue weighted by molar-refractivity contribution is 7.86. The first-order valence-electron chi connectivity index (χ1n) is 7.52. The lowest BCUT2D eigenvalue weighted by molar-refractivity contribution is 0.296. The van der Waals surface area contributed by atoms with Crippen LogP contribution in [-0.2, 0) is 10.2 Å². The molecule has 3 rings (SSSR count). The number of rotatable bonds is 4. The lowest BCUT2D eigenvalue weighted by Gasteiger charge is -2.33. The van der Waals surface area contributed by atoms with Gasteiger partial charge in [0.15, 0.2) is 0 Å². The predicted octanol–water partition coefficient (Wildman–Crippen LogP) is 2.19. The topological polar surface area (TPSA) is 66.4 Å². The summed E-state index contributed by atoms with van der Waals surface area (Å²) in [6.45, 7) is 1.07. The molecule has 0 aromatic carbocycles. The van der Waals surface area contributed by atoms with Crippen LogP contribution in [0.5, 0.6) is 0 Å². The van der Waals surface area contributed by atoms with Crippen LogP contribution in [0, 0.1) is 0 Å². The van der Waals surface area contributed by atoms with E-state index in [2.05, 4.69) is 9.97 Å². The molecule has 1 aliphatic heterocycles. The van der Waals surface area contributed by atoms with Gasteiger partial charge in [0, 0.05) is 62.1 Å². The fourth-order valence-electron chi connectivity index (χ4n) is 2.76. The third kappa shape index (κ3) is 3.45. The minimum atomic E-state index is -3.35. The van der Waals surface area contributed by atoms with Gasteiger partial charge >= 0.3 is 0 Å². The Kier molecular flexibility index (Phi) is 4.77. The van der Waals surface area contributed by atoms with E-state index in [1.807, 2.05) is 23.7 Å². The van der Waals surface area contributed by atoms with E-state index >= 15 is 0 Å². The van der Waals surface area contributed by atoms with E-state index in [-0.39, 0.29) is 5.92 Å². The predicted molar refractivity (Wildman–Crippen MR) is 91.5 cm³/mol. The quantitative estimate of drug-likeness (QED) is 0.846. The molecule has 3 heterocycles. The average Bonchev–Trinajstić information content (AvgIpc) is 3.09. The van der Waals surface area contributed by atoms with Crippen molar-refractivity contribution in [2.24, 2.45) is 0 Å². The average molecular weight is 352 g/mol. The van der Waals surface area contributed by atoms with Crippen molar-refractivity contribution in [3.8, 4) is 10.6 Å². The van der Waals surface area contributed by atoms with Crippen molar-refractivity contribution >= 4 is 21.5 Å². The van der Waals surface area contributed by atoms with Crippen molar-refractivity contribution in [2.75, 3.05) is 27.2 Å². The summed E-state index contributed by atoms with van der Waals surface area (Å²) in [5, 5.41) is 2.89. The Hall–Kier alpha value is -1.35. The zero-order valence-corrected chi connectivity index (χ0v) is 14.8. The first-order chi connectivity index (χ1) is 11.0. The largest absolute Gasteiger partial charge is 0.281 e. The number of nitrogens with zero attached hydrogens (tertiary/aromatic N) is 4.